The van der Waals surface area contributed by atoms with Crippen LogP contribution in [0.5, 0.6) is 5.75 Å². The van der Waals surface area contributed by atoms with Gasteiger partial charge in [0.15, 0.2) is 6.61 Å². The number of nitrogens with zero attached hydrogens (tertiary/aromatic N) is 3. The maximum Gasteiger partial charge on any atom is 0.260 e. The van der Waals surface area contributed by atoms with Crippen LogP contribution in [-0.2, 0) is 4.79 Å². The number of nitriles is 2. The quantitative estimate of drug-likeness (QED) is 0.761. The topological polar surface area (TPSA) is 77.1 Å². The summed E-state index contributed by atoms with van der Waals surface area (Å²) in [6, 6.07) is 9.23. The minimum absolute atomic E-state index is 0.202. The van der Waals surface area contributed by atoms with Crippen LogP contribution < -0.4 is 4.74 Å². The second-order valence-electron chi connectivity index (χ2n) is 3.94. The third-order valence-corrected chi connectivity index (χ3v) is 2.52. The molecule has 104 valence electrons. The molecule has 0 N–H and O–H groups in total. The summed E-state index contributed by atoms with van der Waals surface area (Å²) in [5.41, 5.74) is 0. The van der Waals surface area contributed by atoms with Gasteiger partial charge in [-0.1, -0.05) is 0 Å². The maximum absolute atomic E-state index is 12.7. The molecule has 20 heavy (non-hydrogen) atoms. The van der Waals surface area contributed by atoms with Crippen molar-refractivity contribution in [2.75, 3.05) is 19.7 Å². The third-order valence-electron chi connectivity index (χ3n) is 2.52. The van der Waals surface area contributed by atoms with Crippen LogP contribution in [0.1, 0.15) is 12.8 Å². The highest BCUT2D eigenvalue weighted by Crippen LogP contribution is 2.11. The Bertz CT molecular complexity index is 499. The van der Waals surface area contributed by atoms with E-state index in [1.54, 1.807) is 0 Å². The van der Waals surface area contributed by atoms with Crippen LogP contribution in [0, 0.1) is 28.5 Å². The Morgan fingerprint density at radius 1 is 1.15 bits per heavy atom. The maximum atomic E-state index is 12.7. The molecular weight excluding hydrogens is 261 g/mol. The molecule has 0 saturated carbocycles. The third kappa shape index (κ3) is 5.36. The van der Waals surface area contributed by atoms with Gasteiger partial charge in [0.1, 0.15) is 11.6 Å². The zero-order valence-corrected chi connectivity index (χ0v) is 10.9. The summed E-state index contributed by atoms with van der Waals surface area (Å²) in [5.74, 6) is -0.298. The molecule has 0 heterocycles. The average molecular weight is 275 g/mol. The van der Waals surface area contributed by atoms with Gasteiger partial charge in [-0.2, -0.15) is 10.5 Å². The molecule has 0 atom stereocenters. The Balaban J connectivity index is 2.50. The van der Waals surface area contributed by atoms with Crippen molar-refractivity contribution in [1.29, 1.82) is 10.5 Å². The van der Waals surface area contributed by atoms with Gasteiger partial charge < -0.3 is 9.64 Å². The monoisotopic (exact) mass is 275 g/mol. The van der Waals surface area contributed by atoms with Crippen molar-refractivity contribution < 1.29 is 13.9 Å². The van der Waals surface area contributed by atoms with Crippen LogP contribution in [0.15, 0.2) is 24.3 Å². The van der Waals surface area contributed by atoms with E-state index in [2.05, 4.69) is 0 Å². The van der Waals surface area contributed by atoms with Crippen LogP contribution in [0.25, 0.3) is 0 Å². The Hall–Kier alpha value is -2.60. The molecule has 0 unspecified atom stereocenters. The van der Waals surface area contributed by atoms with E-state index in [9.17, 15) is 9.18 Å². The molecule has 0 aliphatic carbocycles. The molecule has 0 aliphatic rings. The van der Waals surface area contributed by atoms with Crippen LogP contribution in [0.4, 0.5) is 4.39 Å². The van der Waals surface area contributed by atoms with Crippen molar-refractivity contribution in [2.24, 2.45) is 0 Å². The van der Waals surface area contributed by atoms with Gasteiger partial charge in [-0.05, 0) is 24.3 Å². The molecule has 0 fully saturated rings. The van der Waals surface area contributed by atoms with E-state index < -0.39 is 0 Å². The van der Waals surface area contributed by atoms with Gasteiger partial charge in [-0.25, -0.2) is 4.39 Å². The smallest absolute Gasteiger partial charge is 0.260 e. The number of benzene rings is 1. The highest BCUT2D eigenvalue weighted by molar-refractivity contribution is 5.77. The molecule has 0 aliphatic heterocycles. The second-order valence-corrected chi connectivity index (χ2v) is 3.94. The van der Waals surface area contributed by atoms with E-state index in [4.69, 9.17) is 15.3 Å². The molecule has 6 heteroatoms. The molecule has 1 amide bonds. The molecule has 0 radical (unpaired) electrons. The van der Waals surface area contributed by atoms with Gasteiger partial charge in [0, 0.05) is 13.1 Å². The summed E-state index contributed by atoms with van der Waals surface area (Å²) in [4.78, 5) is 13.3. The van der Waals surface area contributed by atoms with E-state index in [1.165, 1.54) is 29.2 Å². The molecule has 0 saturated heterocycles. The van der Waals surface area contributed by atoms with Crippen molar-refractivity contribution >= 4 is 5.91 Å². The minimum atomic E-state index is -0.381. The van der Waals surface area contributed by atoms with E-state index in [1.807, 2.05) is 12.1 Å². The molecule has 0 aromatic heterocycles. The summed E-state index contributed by atoms with van der Waals surface area (Å²) >= 11 is 0. The Kier molecular flexibility index (Phi) is 6.56. The summed E-state index contributed by atoms with van der Waals surface area (Å²) < 4.78 is 17.9. The normalized spacial score (nSPS) is 9.35. The van der Waals surface area contributed by atoms with E-state index in [-0.39, 0.29) is 44.3 Å². The number of hydrogen-bond acceptors (Lipinski definition) is 4. The first kappa shape index (κ1) is 15.5. The molecule has 1 aromatic carbocycles. The number of carbonyl (C=O) groups excluding carboxylic acids is 1. The van der Waals surface area contributed by atoms with Crippen molar-refractivity contribution in [2.45, 2.75) is 12.8 Å². The van der Waals surface area contributed by atoms with Crippen LogP contribution in [0.2, 0.25) is 0 Å². The Labute approximate surface area is 116 Å². The van der Waals surface area contributed by atoms with E-state index in [0.29, 0.717) is 5.75 Å². The number of halogens is 1. The fourth-order valence-corrected chi connectivity index (χ4v) is 1.50. The van der Waals surface area contributed by atoms with Gasteiger partial charge in [-0.3, -0.25) is 4.79 Å². The van der Waals surface area contributed by atoms with Crippen molar-refractivity contribution in [3.8, 4) is 17.9 Å². The molecule has 0 bridgehead atoms. The lowest BCUT2D eigenvalue weighted by Gasteiger charge is -2.20. The SMILES string of the molecule is N#CCCN(CCC#N)C(=O)COc1ccc(F)cc1. The standard InChI is InChI=1S/C14H14FN3O2/c15-12-3-5-13(6-4-12)20-11-14(19)18(9-1-7-16)10-2-8-17/h3-6H,1-2,9-11H2. The van der Waals surface area contributed by atoms with Gasteiger partial charge in [0.25, 0.3) is 5.91 Å². The lowest BCUT2D eigenvalue weighted by atomic mass is 10.3. The summed E-state index contributed by atoms with van der Waals surface area (Å²) in [7, 11) is 0. The molecule has 1 aromatic rings. The van der Waals surface area contributed by atoms with Crippen molar-refractivity contribution in [1.82, 2.24) is 4.90 Å². The van der Waals surface area contributed by atoms with Crippen LogP contribution in [0.3, 0.4) is 0 Å². The van der Waals surface area contributed by atoms with Crippen molar-refractivity contribution in [3.63, 3.8) is 0 Å². The van der Waals surface area contributed by atoms with Crippen molar-refractivity contribution in [3.05, 3.63) is 30.1 Å². The largest absolute Gasteiger partial charge is 0.484 e. The number of hydrogen-bond donors (Lipinski definition) is 0. The molecule has 5 nitrogen and oxygen atoms in total. The fourth-order valence-electron chi connectivity index (χ4n) is 1.50. The van der Waals surface area contributed by atoms with E-state index >= 15 is 0 Å². The van der Waals surface area contributed by atoms with E-state index in [0.717, 1.165) is 0 Å². The molecule has 1 rings (SSSR count). The second kappa shape index (κ2) is 8.49. The fraction of sp³-hybridized carbons (Fsp3) is 0.357. The minimum Gasteiger partial charge on any atom is -0.484 e. The number of carbonyl (C=O) groups is 1. The Morgan fingerprint density at radius 2 is 1.70 bits per heavy atom. The zero-order chi connectivity index (χ0) is 14.8. The highest BCUT2D eigenvalue weighted by atomic mass is 19.1. The van der Waals surface area contributed by atoms with Gasteiger partial charge in [-0.15, -0.1) is 0 Å². The number of ether oxygens (including phenoxy) is 1. The predicted octanol–water partition coefficient (Wildman–Crippen LogP) is 1.86. The van der Waals surface area contributed by atoms with Gasteiger partial charge in [0.05, 0.1) is 25.0 Å². The predicted molar refractivity (Wildman–Crippen MR) is 68.9 cm³/mol. The first-order chi connectivity index (χ1) is 9.67. The summed E-state index contributed by atoms with van der Waals surface area (Å²) in [6.45, 7) is 0.329. The zero-order valence-electron chi connectivity index (χ0n) is 10.9. The van der Waals surface area contributed by atoms with Crippen LogP contribution in [-0.4, -0.2) is 30.5 Å². The summed E-state index contributed by atoms with van der Waals surface area (Å²) in [6.07, 6.45) is 0.404. The lowest BCUT2D eigenvalue weighted by Crippen LogP contribution is -2.36. The first-order valence-electron chi connectivity index (χ1n) is 6.07. The molecule has 0 spiro atoms. The van der Waals surface area contributed by atoms with Gasteiger partial charge >= 0.3 is 0 Å². The average Bonchev–Trinajstić information content (AvgIpc) is 2.46. The number of amides is 1. The first-order valence-corrected chi connectivity index (χ1v) is 6.07. The Morgan fingerprint density at radius 3 is 2.20 bits per heavy atom. The van der Waals surface area contributed by atoms with Gasteiger partial charge in [0.2, 0.25) is 0 Å². The highest BCUT2D eigenvalue weighted by Gasteiger charge is 2.13. The lowest BCUT2D eigenvalue weighted by molar-refractivity contribution is -0.133. The molecular formula is C14H14FN3O2. The van der Waals surface area contributed by atoms with Crippen LogP contribution >= 0.6 is 0 Å². The summed E-state index contributed by atoms with van der Waals surface area (Å²) in [5, 5.41) is 17.1. The number of rotatable bonds is 7.